The highest BCUT2D eigenvalue weighted by molar-refractivity contribution is 7.99. The first-order chi connectivity index (χ1) is 5.61. The van der Waals surface area contributed by atoms with Gasteiger partial charge >= 0.3 is 0 Å². The van der Waals surface area contributed by atoms with Gasteiger partial charge in [-0.3, -0.25) is 0 Å². The van der Waals surface area contributed by atoms with Crippen LogP contribution in [0.1, 0.15) is 20.8 Å². The Labute approximate surface area is 80.1 Å². The lowest BCUT2D eigenvalue weighted by atomic mass is 10.2. The lowest BCUT2D eigenvalue weighted by molar-refractivity contribution is 0.260. The molecule has 2 N–H and O–H groups in total. The van der Waals surface area contributed by atoms with Crippen molar-refractivity contribution in [2.75, 3.05) is 19.4 Å². The van der Waals surface area contributed by atoms with Gasteiger partial charge in [-0.05, 0) is 13.0 Å². The molecule has 0 aliphatic heterocycles. The van der Waals surface area contributed by atoms with Gasteiger partial charge in [0.25, 0.3) is 0 Å². The number of aliphatic hydroxyl groups excluding tert-OH is 1. The standard InChI is InChI=1S/C9H21NOS/c1-7(2)8(3)12-6-9(5-11)10-4/h7-11H,5-6H2,1-4H3. The predicted octanol–water partition coefficient (Wildman–Crippen LogP) is 1.34. The van der Waals surface area contributed by atoms with Crippen molar-refractivity contribution in [2.45, 2.75) is 32.1 Å². The van der Waals surface area contributed by atoms with Gasteiger partial charge in [0.2, 0.25) is 0 Å². The molecule has 0 aromatic carbocycles. The zero-order chi connectivity index (χ0) is 9.56. The fraction of sp³-hybridized carbons (Fsp3) is 1.00. The summed E-state index contributed by atoms with van der Waals surface area (Å²) in [5.74, 6) is 1.71. The molecule has 0 saturated carbocycles. The fourth-order valence-corrected chi connectivity index (χ4v) is 1.88. The van der Waals surface area contributed by atoms with E-state index in [0.29, 0.717) is 11.2 Å². The minimum Gasteiger partial charge on any atom is -0.395 e. The van der Waals surface area contributed by atoms with Crippen molar-refractivity contribution in [3.63, 3.8) is 0 Å². The van der Waals surface area contributed by atoms with Crippen LogP contribution in [0, 0.1) is 5.92 Å². The minimum atomic E-state index is 0.230. The van der Waals surface area contributed by atoms with E-state index in [9.17, 15) is 0 Å². The molecule has 0 bridgehead atoms. The monoisotopic (exact) mass is 191 g/mol. The molecule has 0 saturated heterocycles. The Kier molecular flexibility index (Phi) is 6.90. The van der Waals surface area contributed by atoms with Crippen LogP contribution >= 0.6 is 11.8 Å². The Hall–Kier alpha value is 0.270. The van der Waals surface area contributed by atoms with Crippen LogP contribution in [0.15, 0.2) is 0 Å². The summed E-state index contributed by atoms with van der Waals surface area (Å²) < 4.78 is 0. The smallest absolute Gasteiger partial charge is 0.0592 e. The molecule has 0 aromatic rings. The van der Waals surface area contributed by atoms with Crippen LogP contribution in [-0.4, -0.2) is 35.8 Å². The summed E-state index contributed by atoms with van der Waals surface area (Å²) in [6, 6.07) is 0.246. The molecule has 0 radical (unpaired) electrons. The number of hydrogen-bond acceptors (Lipinski definition) is 3. The van der Waals surface area contributed by atoms with Crippen LogP contribution in [0.25, 0.3) is 0 Å². The number of aliphatic hydroxyl groups is 1. The molecule has 0 fully saturated rings. The van der Waals surface area contributed by atoms with E-state index in [1.54, 1.807) is 0 Å². The van der Waals surface area contributed by atoms with E-state index >= 15 is 0 Å². The van der Waals surface area contributed by atoms with Crippen LogP contribution in [0.2, 0.25) is 0 Å². The van der Waals surface area contributed by atoms with E-state index in [1.165, 1.54) is 0 Å². The molecule has 0 heterocycles. The molecule has 0 aliphatic carbocycles. The third-order valence-electron chi connectivity index (χ3n) is 2.13. The molecule has 74 valence electrons. The van der Waals surface area contributed by atoms with Gasteiger partial charge in [0.1, 0.15) is 0 Å². The zero-order valence-electron chi connectivity index (χ0n) is 8.50. The van der Waals surface area contributed by atoms with E-state index in [2.05, 4.69) is 26.1 Å². The molecule has 2 atom stereocenters. The Morgan fingerprint density at radius 1 is 1.33 bits per heavy atom. The average Bonchev–Trinajstić information content (AvgIpc) is 2.05. The summed E-state index contributed by atoms with van der Waals surface area (Å²) in [4.78, 5) is 0. The van der Waals surface area contributed by atoms with Crippen molar-refractivity contribution >= 4 is 11.8 Å². The minimum absolute atomic E-state index is 0.230. The summed E-state index contributed by atoms with van der Waals surface area (Å²) >= 11 is 1.92. The Morgan fingerprint density at radius 2 is 1.92 bits per heavy atom. The van der Waals surface area contributed by atoms with E-state index in [-0.39, 0.29) is 12.6 Å². The van der Waals surface area contributed by atoms with E-state index < -0.39 is 0 Å². The van der Waals surface area contributed by atoms with Crippen molar-refractivity contribution in [3.8, 4) is 0 Å². The average molecular weight is 191 g/mol. The van der Waals surface area contributed by atoms with Crippen molar-refractivity contribution in [3.05, 3.63) is 0 Å². The number of thioether (sulfide) groups is 1. The van der Waals surface area contributed by atoms with Crippen LogP contribution in [0.4, 0.5) is 0 Å². The lowest BCUT2D eigenvalue weighted by Gasteiger charge is -2.18. The Morgan fingerprint density at radius 3 is 2.25 bits per heavy atom. The number of likely N-dealkylation sites (N-methyl/N-ethyl adjacent to an activating group) is 1. The van der Waals surface area contributed by atoms with Crippen LogP contribution < -0.4 is 5.32 Å². The van der Waals surface area contributed by atoms with Crippen molar-refractivity contribution in [1.82, 2.24) is 5.32 Å². The van der Waals surface area contributed by atoms with Gasteiger partial charge in [-0.15, -0.1) is 0 Å². The molecular formula is C9H21NOS. The normalized spacial score (nSPS) is 16.5. The first-order valence-corrected chi connectivity index (χ1v) is 5.56. The van der Waals surface area contributed by atoms with Crippen molar-refractivity contribution < 1.29 is 5.11 Å². The second-order valence-corrected chi connectivity index (χ2v) is 4.86. The van der Waals surface area contributed by atoms with Gasteiger partial charge in [-0.1, -0.05) is 20.8 Å². The third kappa shape index (κ3) is 5.01. The van der Waals surface area contributed by atoms with Crippen molar-refractivity contribution in [1.29, 1.82) is 0 Å². The SMILES string of the molecule is CNC(CO)CSC(C)C(C)C. The summed E-state index contributed by atoms with van der Waals surface area (Å²) in [6.07, 6.45) is 0. The molecule has 2 unspecified atom stereocenters. The third-order valence-corrected chi connectivity index (χ3v) is 3.79. The first kappa shape index (κ1) is 12.3. The highest BCUT2D eigenvalue weighted by atomic mass is 32.2. The highest BCUT2D eigenvalue weighted by Crippen LogP contribution is 2.18. The maximum absolute atomic E-state index is 8.90. The van der Waals surface area contributed by atoms with Gasteiger partial charge in [0.05, 0.1) is 6.61 Å². The van der Waals surface area contributed by atoms with E-state index in [0.717, 1.165) is 5.75 Å². The zero-order valence-corrected chi connectivity index (χ0v) is 9.32. The molecule has 3 heteroatoms. The number of rotatable bonds is 6. The Bertz CT molecular complexity index is 103. The van der Waals surface area contributed by atoms with Crippen LogP contribution in [0.5, 0.6) is 0 Å². The van der Waals surface area contributed by atoms with E-state index in [4.69, 9.17) is 5.11 Å². The molecular weight excluding hydrogens is 170 g/mol. The largest absolute Gasteiger partial charge is 0.395 e. The second kappa shape index (κ2) is 6.75. The van der Waals surface area contributed by atoms with Crippen molar-refractivity contribution in [2.24, 2.45) is 5.92 Å². The van der Waals surface area contributed by atoms with Gasteiger partial charge in [-0.2, -0.15) is 11.8 Å². The molecule has 0 rings (SSSR count). The summed E-state index contributed by atoms with van der Waals surface area (Å²) in [6.45, 7) is 6.92. The maximum atomic E-state index is 8.90. The van der Waals surface area contributed by atoms with Crippen LogP contribution in [-0.2, 0) is 0 Å². The van der Waals surface area contributed by atoms with Gasteiger partial charge in [-0.25, -0.2) is 0 Å². The molecule has 0 aromatic heterocycles. The molecule has 2 nitrogen and oxygen atoms in total. The van der Waals surface area contributed by atoms with Gasteiger partial charge in [0.15, 0.2) is 0 Å². The predicted molar refractivity (Wildman–Crippen MR) is 56.7 cm³/mol. The topological polar surface area (TPSA) is 32.3 Å². The highest BCUT2D eigenvalue weighted by Gasteiger charge is 2.10. The molecule has 0 amide bonds. The van der Waals surface area contributed by atoms with E-state index in [1.807, 2.05) is 18.8 Å². The number of hydrogen-bond donors (Lipinski definition) is 2. The Balaban J connectivity index is 3.51. The van der Waals surface area contributed by atoms with Crippen LogP contribution in [0.3, 0.4) is 0 Å². The molecule has 0 aliphatic rings. The fourth-order valence-electron chi connectivity index (χ4n) is 0.688. The summed E-state index contributed by atoms with van der Waals surface area (Å²) in [7, 11) is 1.89. The molecule has 0 spiro atoms. The quantitative estimate of drug-likeness (QED) is 0.664. The van der Waals surface area contributed by atoms with Gasteiger partial charge in [0, 0.05) is 17.0 Å². The van der Waals surface area contributed by atoms with Gasteiger partial charge < -0.3 is 10.4 Å². The lowest BCUT2D eigenvalue weighted by Crippen LogP contribution is -2.32. The molecule has 12 heavy (non-hydrogen) atoms. The summed E-state index contributed by atoms with van der Waals surface area (Å²) in [5, 5.41) is 12.7. The maximum Gasteiger partial charge on any atom is 0.0592 e. The summed E-state index contributed by atoms with van der Waals surface area (Å²) in [5.41, 5.74) is 0. The number of nitrogens with one attached hydrogen (secondary N) is 1. The first-order valence-electron chi connectivity index (χ1n) is 4.51. The second-order valence-electron chi connectivity index (χ2n) is 3.45.